The molecule has 0 aliphatic carbocycles. The minimum absolute atomic E-state index is 0.00210. The first kappa shape index (κ1) is 18.8. The molecule has 4 heterocycles. The average molecular weight is 428 g/mol. The molecular weight excluding hydrogens is 406 g/mol. The Hall–Kier alpha value is -2.22. The topological polar surface area (TPSA) is 64.3 Å². The van der Waals surface area contributed by atoms with E-state index in [1.807, 2.05) is 12.1 Å². The zero-order valence-electron chi connectivity index (χ0n) is 16.8. The lowest BCUT2D eigenvalue weighted by Crippen LogP contribution is -2.54. The highest BCUT2D eigenvalue weighted by Crippen LogP contribution is 2.44. The van der Waals surface area contributed by atoms with E-state index in [-0.39, 0.29) is 17.7 Å². The number of nitrogens with zero attached hydrogens (tertiary/aromatic N) is 4. The van der Waals surface area contributed by atoms with Crippen LogP contribution in [0, 0.1) is 0 Å². The van der Waals surface area contributed by atoms with Gasteiger partial charge in [-0.1, -0.05) is 11.6 Å². The van der Waals surface area contributed by atoms with E-state index in [4.69, 9.17) is 21.3 Å². The van der Waals surface area contributed by atoms with Gasteiger partial charge in [0.1, 0.15) is 23.5 Å². The van der Waals surface area contributed by atoms with Crippen LogP contribution in [0.25, 0.3) is 15.9 Å². The van der Waals surface area contributed by atoms with Gasteiger partial charge in [0.05, 0.1) is 5.39 Å². The molecule has 0 radical (unpaired) electrons. The molecule has 0 bridgehead atoms. The Balaban J connectivity index is 1.57. The van der Waals surface area contributed by atoms with Crippen molar-refractivity contribution in [2.24, 2.45) is 0 Å². The molecule has 0 fully saturated rings. The molecule has 4 aromatic rings. The predicted octanol–water partition coefficient (Wildman–Crippen LogP) is 4.73. The van der Waals surface area contributed by atoms with E-state index >= 15 is 0 Å². The van der Waals surface area contributed by atoms with Crippen molar-refractivity contribution in [2.75, 3.05) is 0 Å². The number of rotatable bonds is 3. The summed E-state index contributed by atoms with van der Waals surface area (Å²) in [4.78, 5) is 11.8. The van der Waals surface area contributed by atoms with Crippen molar-refractivity contribution >= 4 is 38.8 Å². The Morgan fingerprint density at radius 1 is 1.21 bits per heavy atom. The van der Waals surface area contributed by atoms with Crippen LogP contribution in [0.15, 0.2) is 30.6 Å². The van der Waals surface area contributed by atoms with Crippen LogP contribution in [-0.4, -0.2) is 25.1 Å². The molecule has 150 valence electrons. The number of nitrogens with one attached hydrogen (secondary N) is 1. The van der Waals surface area contributed by atoms with Crippen molar-refractivity contribution < 1.29 is 4.74 Å². The Labute approximate surface area is 177 Å². The van der Waals surface area contributed by atoms with Crippen molar-refractivity contribution in [1.82, 2.24) is 24.9 Å². The van der Waals surface area contributed by atoms with Gasteiger partial charge in [-0.2, -0.15) is 0 Å². The van der Waals surface area contributed by atoms with E-state index in [1.165, 1.54) is 10.4 Å². The predicted molar refractivity (Wildman–Crippen MR) is 116 cm³/mol. The van der Waals surface area contributed by atoms with Gasteiger partial charge in [-0.25, -0.2) is 14.5 Å². The second-order valence-electron chi connectivity index (χ2n) is 8.68. The Morgan fingerprint density at radius 2 is 1.97 bits per heavy atom. The van der Waals surface area contributed by atoms with Gasteiger partial charge in [0.25, 0.3) is 0 Å². The van der Waals surface area contributed by atoms with Gasteiger partial charge in [0, 0.05) is 21.0 Å². The highest BCUT2D eigenvalue weighted by atomic mass is 35.5. The molecule has 5 rings (SSSR count). The van der Waals surface area contributed by atoms with Gasteiger partial charge < -0.3 is 10.1 Å². The quantitative estimate of drug-likeness (QED) is 0.512. The zero-order chi connectivity index (χ0) is 20.4. The second-order valence-corrected chi connectivity index (χ2v) is 10.1. The van der Waals surface area contributed by atoms with E-state index in [0.29, 0.717) is 10.8 Å². The van der Waals surface area contributed by atoms with Gasteiger partial charge in [-0.05, 0) is 63.9 Å². The third-order valence-corrected chi connectivity index (χ3v) is 6.91. The molecule has 0 amide bonds. The standard InChI is InChI=1S/C21H22ClN5OS/c1-20(2)9-14-16-18-24-15(10-28-13-7-5-12(22)6-8-13)25-27(18)11-23-19(16)29-17(14)21(3,4)26-20/h5-8,11,26H,9-10H2,1-4H3. The normalized spacial score (nSPS) is 17.6. The Bertz CT molecular complexity index is 1230. The first-order valence-electron chi connectivity index (χ1n) is 9.56. The molecule has 1 aliphatic rings. The fourth-order valence-corrected chi connectivity index (χ4v) is 5.64. The van der Waals surface area contributed by atoms with Crippen LogP contribution in [0.2, 0.25) is 5.02 Å². The van der Waals surface area contributed by atoms with Crippen LogP contribution in [0.1, 0.15) is 44.0 Å². The van der Waals surface area contributed by atoms with Crippen LogP contribution in [0.5, 0.6) is 5.75 Å². The largest absolute Gasteiger partial charge is 0.486 e. The van der Waals surface area contributed by atoms with Crippen LogP contribution < -0.4 is 10.1 Å². The molecule has 1 aliphatic heterocycles. The lowest BCUT2D eigenvalue weighted by Gasteiger charge is -2.42. The summed E-state index contributed by atoms with van der Waals surface area (Å²) < 4.78 is 7.59. The number of aromatic nitrogens is 4. The van der Waals surface area contributed by atoms with E-state index in [0.717, 1.165) is 28.0 Å². The Morgan fingerprint density at radius 3 is 2.72 bits per heavy atom. The number of fused-ring (bicyclic) bond motifs is 5. The summed E-state index contributed by atoms with van der Waals surface area (Å²) in [6.07, 6.45) is 2.67. The van der Waals surface area contributed by atoms with Crippen molar-refractivity contribution in [3.8, 4) is 5.75 Å². The van der Waals surface area contributed by atoms with Crippen LogP contribution in [-0.2, 0) is 18.6 Å². The summed E-state index contributed by atoms with van der Waals surface area (Å²) in [6, 6.07) is 7.28. The van der Waals surface area contributed by atoms with E-state index in [1.54, 1.807) is 34.3 Å². The molecule has 6 nitrogen and oxygen atoms in total. The van der Waals surface area contributed by atoms with Crippen LogP contribution in [0.3, 0.4) is 0 Å². The molecule has 0 spiro atoms. The maximum Gasteiger partial charge on any atom is 0.189 e. The second kappa shape index (κ2) is 6.39. The lowest BCUT2D eigenvalue weighted by atomic mass is 9.82. The maximum atomic E-state index is 5.93. The number of ether oxygens (including phenoxy) is 1. The highest BCUT2D eigenvalue weighted by molar-refractivity contribution is 7.19. The summed E-state index contributed by atoms with van der Waals surface area (Å²) in [5.41, 5.74) is 2.06. The summed E-state index contributed by atoms with van der Waals surface area (Å²) in [5, 5.41) is 10.1. The number of benzene rings is 1. The molecule has 0 atom stereocenters. The summed E-state index contributed by atoms with van der Waals surface area (Å²) >= 11 is 7.68. The molecule has 0 saturated carbocycles. The van der Waals surface area contributed by atoms with Crippen molar-refractivity contribution in [3.05, 3.63) is 51.9 Å². The molecule has 8 heteroatoms. The monoisotopic (exact) mass is 427 g/mol. The summed E-state index contributed by atoms with van der Waals surface area (Å²) in [5.74, 6) is 1.36. The summed E-state index contributed by atoms with van der Waals surface area (Å²) in [6.45, 7) is 9.23. The van der Waals surface area contributed by atoms with E-state index < -0.39 is 0 Å². The van der Waals surface area contributed by atoms with Gasteiger partial charge in [0.15, 0.2) is 11.5 Å². The number of hydrogen-bond donors (Lipinski definition) is 1. The third kappa shape index (κ3) is 3.27. The first-order chi connectivity index (χ1) is 13.7. The maximum absolute atomic E-state index is 5.93. The molecule has 3 aromatic heterocycles. The lowest BCUT2D eigenvalue weighted by molar-refractivity contribution is 0.248. The molecule has 29 heavy (non-hydrogen) atoms. The van der Waals surface area contributed by atoms with Crippen molar-refractivity contribution in [3.63, 3.8) is 0 Å². The minimum Gasteiger partial charge on any atom is -0.486 e. The first-order valence-corrected chi connectivity index (χ1v) is 10.8. The molecular formula is C21H22ClN5OS. The van der Waals surface area contributed by atoms with E-state index in [9.17, 15) is 0 Å². The fourth-order valence-electron chi connectivity index (χ4n) is 4.30. The van der Waals surface area contributed by atoms with Gasteiger partial charge in [-0.15, -0.1) is 16.4 Å². The van der Waals surface area contributed by atoms with Gasteiger partial charge >= 0.3 is 0 Å². The number of hydrogen-bond acceptors (Lipinski definition) is 6. The average Bonchev–Trinajstić information content (AvgIpc) is 3.21. The highest BCUT2D eigenvalue weighted by Gasteiger charge is 2.39. The molecule has 1 aromatic carbocycles. The fraction of sp³-hybridized carbons (Fsp3) is 0.381. The SMILES string of the molecule is CC1(C)Cc2c(sc3ncn4nc(COc5ccc(Cl)cc5)nc4c23)C(C)(C)N1. The number of halogens is 1. The zero-order valence-corrected chi connectivity index (χ0v) is 18.4. The van der Waals surface area contributed by atoms with Crippen molar-refractivity contribution in [1.29, 1.82) is 0 Å². The van der Waals surface area contributed by atoms with Crippen LogP contribution in [0.4, 0.5) is 0 Å². The minimum atomic E-state index is -0.111. The van der Waals surface area contributed by atoms with Gasteiger partial charge in [-0.3, -0.25) is 0 Å². The molecule has 0 saturated heterocycles. The molecule has 0 unspecified atom stereocenters. The number of thiophene rings is 1. The Kier molecular flexibility index (Phi) is 4.14. The molecule has 1 N–H and O–H groups in total. The smallest absolute Gasteiger partial charge is 0.189 e. The summed E-state index contributed by atoms with van der Waals surface area (Å²) in [7, 11) is 0. The third-order valence-electron chi connectivity index (χ3n) is 5.19. The van der Waals surface area contributed by atoms with Gasteiger partial charge in [0.2, 0.25) is 0 Å². The van der Waals surface area contributed by atoms with Crippen LogP contribution >= 0.6 is 22.9 Å². The van der Waals surface area contributed by atoms with E-state index in [2.05, 4.69) is 43.1 Å². The van der Waals surface area contributed by atoms with Crippen molar-refractivity contribution in [2.45, 2.75) is 51.8 Å².